The molecule has 2 amide bonds. The molecule has 3 rings (SSSR count). The van der Waals surface area contributed by atoms with Gasteiger partial charge in [-0.05, 0) is 29.8 Å². The minimum atomic E-state index is -0.650. The summed E-state index contributed by atoms with van der Waals surface area (Å²) < 4.78 is 13.3. The normalized spacial score (nSPS) is 15.0. The number of thioether (sulfide) groups is 1. The van der Waals surface area contributed by atoms with Crippen LogP contribution in [0.2, 0.25) is 0 Å². The molecule has 30 heavy (non-hydrogen) atoms. The number of thiocarbonyl (C=S) groups is 1. The van der Waals surface area contributed by atoms with Crippen LogP contribution in [-0.2, 0) is 9.59 Å². The minimum Gasteiger partial charge on any atom is -0.506 e. The van der Waals surface area contributed by atoms with Crippen LogP contribution in [0.1, 0.15) is 12.0 Å². The molecule has 1 aliphatic rings. The van der Waals surface area contributed by atoms with Crippen LogP contribution < -0.4 is 5.32 Å². The van der Waals surface area contributed by atoms with Gasteiger partial charge in [-0.1, -0.05) is 36.1 Å². The fourth-order valence-electron chi connectivity index (χ4n) is 2.57. The lowest BCUT2D eigenvalue weighted by Gasteiger charge is -2.14. The summed E-state index contributed by atoms with van der Waals surface area (Å²) in [5.41, 5.74) is 0.248. The van der Waals surface area contributed by atoms with Gasteiger partial charge in [0.2, 0.25) is 5.91 Å². The van der Waals surface area contributed by atoms with Crippen LogP contribution in [0.3, 0.4) is 0 Å². The molecule has 0 unspecified atom stereocenters. The van der Waals surface area contributed by atoms with Crippen molar-refractivity contribution in [3.63, 3.8) is 0 Å². The molecular weight excluding hydrogens is 433 g/mol. The molecule has 8 nitrogen and oxygen atoms in total. The number of hydrogen-bond donors (Lipinski definition) is 2. The maximum atomic E-state index is 13.0. The van der Waals surface area contributed by atoms with E-state index in [1.807, 2.05) is 0 Å². The largest absolute Gasteiger partial charge is 0.506 e. The minimum absolute atomic E-state index is 0.00700. The van der Waals surface area contributed by atoms with Crippen LogP contribution in [0.15, 0.2) is 47.4 Å². The third kappa shape index (κ3) is 4.99. The van der Waals surface area contributed by atoms with Crippen molar-refractivity contribution in [3.8, 4) is 5.75 Å². The third-order valence-electron chi connectivity index (χ3n) is 4.07. The van der Waals surface area contributed by atoms with Gasteiger partial charge < -0.3 is 10.4 Å². The lowest BCUT2D eigenvalue weighted by Crippen LogP contribution is -2.31. The molecule has 0 aliphatic carbocycles. The molecule has 0 aromatic heterocycles. The average Bonchev–Trinajstić information content (AvgIpc) is 2.96. The number of carbonyl (C=O) groups is 2. The van der Waals surface area contributed by atoms with Crippen LogP contribution in [0.5, 0.6) is 5.75 Å². The van der Waals surface area contributed by atoms with Crippen molar-refractivity contribution in [1.82, 2.24) is 4.90 Å². The third-order valence-corrected chi connectivity index (χ3v) is 5.45. The van der Waals surface area contributed by atoms with Crippen molar-refractivity contribution in [2.45, 2.75) is 6.42 Å². The molecule has 2 aromatic rings. The number of nitrogens with zero attached hydrogens (tertiary/aromatic N) is 2. The summed E-state index contributed by atoms with van der Waals surface area (Å²) in [7, 11) is 0. The number of aromatic hydroxyl groups is 1. The van der Waals surface area contributed by atoms with Crippen molar-refractivity contribution in [2.24, 2.45) is 0 Å². The van der Waals surface area contributed by atoms with E-state index in [9.17, 15) is 29.2 Å². The monoisotopic (exact) mass is 447 g/mol. The summed E-state index contributed by atoms with van der Waals surface area (Å²) in [6.07, 6.45) is 1.44. The van der Waals surface area contributed by atoms with Gasteiger partial charge in [-0.2, -0.15) is 0 Å². The summed E-state index contributed by atoms with van der Waals surface area (Å²) >= 11 is 6.27. The second kappa shape index (κ2) is 9.01. The highest BCUT2D eigenvalue weighted by Crippen LogP contribution is 2.33. The summed E-state index contributed by atoms with van der Waals surface area (Å²) in [4.78, 5) is 36.5. The number of nitro groups is 1. The van der Waals surface area contributed by atoms with Gasteiger partial charge >= 0.3 is 0 Å². The number of hydrogen-bond acceptors (Lipinski definition) is 7. The van der Waals surface area contributed by atoms with E-state index >= 15 is 0 Å². The lowest BCUT2D eigenvalue weighted by atomic mass is 10.2. The number of halogens is 1. The zero-order chi connectivity index (χ0) is 21.8. The van der Waals surface area contributed by atoms with Crippen LogP contribution in [0.25, 0.3) is 6.08 Å². The first kappa shape index (κ1) is 21.4. The topological polar surface area (TPSA) is 113 Å². The predicted octanol–water partition coefficient (Wildman–Crippen LogP) is 3.67. The van der Waals surface area contributed by atoms with Crippen LogP contribution >= 0.6 is 24.0 Å². The molecule has 0 radical (unpaired) electrons. The standard InChI is InChI=1S/C19H14FN3O5S2/c20-12-3-1-11(2-4-12)9-16-18(26)22(19(29)30-16)8-7-17(25)21-14-10-13(23(27)28)5-6-15(14)24/h1-6,9-10,24H,7-8H2,(H,21,25)/b16-9+. The van der Waals surface area contributed by atoms with Gasteiger partial charge in [-0.15, -0.1) is 0 Å². The molecule has 0 atom stereocenters. The highest BCUT2D eigenvalue weighted by atomic mass is 32.2. The number of phenols is 1. The van der Waals surface area contributed by atoms with Gasteiger partial charge in [0.05, 0.1) is 15.5 Å². The second-order valence-electron chi connectivity index (χ2n) is 6.14. The van der Waals surface area contributed by atoms with Gasteiger partial charge in [0.1, 0.15) is 15.9 Å². The Balaban J connectivity index is 1.63. The van der Waals surface area contributed by atoms with Crippen molar-refractivity contribution < 1.29 is 24.0 Å². The Morgan fingerprint density at radius 3 is 2.67 bits per heavy atom. The molecule has 0 saturated carbocycles. The van der Waals surface area contributed by atoms with Crippen LogP contribution in [-0.4, -0.2) is 37.6 Å². The van der Waals surface area contributed by atoms with Gasteiger partial charge in [-0.3, -0.25) is 24.6 Å². The van der Waals surface area contributed by atoms with E-state index < -0.39 is 10.8 Å². The van der Waals surface area contributed by atoms with Crippen molar-refractivity contribution >= 4 is 57.6 Å². The fraction of sp³-hybridized carbons (Fsp3) is 0.105. The predicted molar refractivity (Wildman–Crippen MR) is 114 cm³/mol. The van der Waals surface area contributed by atoms with E-state index in [1.54, 1.807) is 6.08 Å². The Bertz CT molecular complexity index is 1070. The van der Waals surface area contributed by atoms with E-state index in [-0.39, 0.29) is 46.1 Å². The Morgan fingerprint density at radius 1 is 1.30 bits per heavy atom. The summed E-state index contributed by atoms with van der Waals surface area (Å²) in [6, 6.07) is 8.87. The van der Waals surface area contributed by atoms with Crippen molar-refractivity contribution in [1.29, 1.82) is 0 Å². The summed E-state index contributed by atoms with van der Waals surface area (Å²) in [5.74, 6) is -1.63. The van der Waals surface area contributed by atoms with E-state index in [1.165, 1.54) is 29.2 Å². The first-order chi connectivity index (χ1) is 14.2. The van der Waals surface area contributed by atoms with Crippen molar-refractivity contribution in [2.75, 3.05) is 11.9 Å². The number of carbonyl (C=O) groups excluding carboxylic acids is 2. The molecule has 1 heterocycles. The highest BCUT2D eigenvalue weighted by Gasteiger charge is 2.32. The van der Waals surface area contributed by atoms with Gasteiger partial charge in [0.25, 0.3) is 11.6 Å². The van der Waals surface area contributed by atoms with E-state index in [0.717, 1.165) is 30.0 Å². The van der Waals surface area contributed by atoms with E-state index in [0.29, 0.717) is 10.5 Å². The number of anilines is 1. The molecular formula is C19H14FN3O5S2. The maximum absolute atomic E-state index is 13.0. The first-order valence-corrected chi connectivity index (χ1v) is 9.75. The first-order valence-electron chi connectivity index (χ1n) is 8.53. The molecule has 11 heteroatoms. The summed E-state index contributed by atoms with van der Waals surface area (Å²) in [6.45, 7) is -0.00700. The number of nitro benzene ring substituents is 1. The molecule has 154 valence electrons. The SMILES string of the molecule is O=C(CCN1C(=O)/C(=C\c2ccc(F)cc2)SC1=S)Nc1cc([N+](=O)[O-])ccc1O. The quantitative estimate of drug-likeness (QED) is 0.228. The number of amides is 2. The van der Waals surface area contributed by atoms with E-state index in [4.69, 9.17) is 12.2 Å². The summed E-state index contributed by atoms with van der Waals surface area (Å²) in [5, 5.41) is 23.0. The molecule has 0 bridgehead atoms. The molecule has 1 aliphatic heterocycles. The smallest absolute Gasteiger partial charge is 0.271 e. The number of nitrogens with one attached hydrogen (secondary N) is 1. The van der Waals surface area contributed by atoms with E-state index in [2.05, 4.69) is 5.32 Å². The molecule has 2 aromatic carbocycles. The molecule has 0 spiro atoms. The fourth-order valence-corrected chi connectivity index (χ4v) is 3.88. The number of benzene rings is 2. The Kier molecular flexibility index (Phi) is 6.43. The Morgan fingerprint density at radius 2 is 2.00 bits per heavy atom. The van der Waals surface area contributed by atoms with Gasteiger partial charge in [-0.25, -0.2) is 4.39 Å². The molecule has 1 fully saturated rings. The molecule has 1 saturated heterocycles. The maximum Gasteiger partial charge on any atom is 0.271 e. The molecule has 2 N–H and O–H groups in total. The average molecular weight is 447 g/mol. The van der Waals surface area contributed by atoms with Crippen LogP contribution in [0.4, 0.5) is 15.8 Å². The zero-order valence-corrected chi connectivity index (χ0v) is 16.8. The Labute approximate surface area is 179 Å². The van der Waals surface area contributed by atoms with Gasteiger partial charge in [0, 0.05) is 25.1 Å². The zero-order valence-electron chi connectivity index (χ0n) is 15.2. The van der Waals surface area contributed by atoms with Gasteiger partial charge in [0.15, 0.2) is 0 Å². The highest BCUT2D eigenvalue weighted by molar-refractivity contribution is 8.26. The van der Waals surface area contributed by atoms with Crippen molar-refractivity contribution in [3.05, 3.63) is 68.9 Å². The number of phenolic OH excluding ortho intramolecular Hbond substituents is 1. The lowest BCUT2D eigenvalue weighted by molar-refractivity contribution is -0.384. The number of non-ortho nitro benzene ring substituents is 1. The van der Waals surface area contributed by atoms with Crippen LogP contribution in [0, 0.1) is 15.9 Å². The number of rotatable bonds is 6. The Hall–Kier alpha value is -3.31. The second-order valence-corrected chi connectivity index (χ2v) is 7.82.